The van der Waals surface area contributed by atoms with E-state index in [-0.39, 0.29) is 15.8 Å². The second-order valence-electron chi connectivity index (χ2n) is 9.57. The number of carbonyl (C=O) groups is 1. The van der Waals surface area contributed by atoms with Gasteiger partial charge in [0, 0.05) is 31.1 Å². The lowest BCUT2D eigenvalue weighted by atomic mass is 10.1. The van der Waals surface area contributed by atoms with Crippen LogP contribution in [0.1, 0.15) is 42.6 Å². The van der Waals surface area contributed by atoms with Gasteiger partial charge in [0.25, 0.3) is 0 Å². The quantitative estimate of drug-likeness (QED) is 0.151. The van der Waals surface area contributed by atoms with E-state index in [1.807, 2.05) is 49.4 Å². The van der Waals surface area contributed by atoms with Gasteiger partial charge in [-0.05, 0) is 71.6 Å². The second-order valence-corrected chi connectivity index (χ2v) is 12.0. The molecule has 0 heterocycles. The maximum absolute atomic E-state index is 13.2. The summed E-state index contributed by atoms with van der Waals surface area (Å²) in [6.07, 6.45) is 0.231. The predicted octanol–water partition coefficient (Wildman–Crippen LogP) is 6.61. The molecule has 0 saturated carbocycles. The smallest absolute Gasteiger partial charge is 0.311 e. The molecule has 1 unspecified atom stereocenters. The molecule has 0 aliphatic rings. The largest absolute Gasteiger partial charge is 0.427 e. The van der Waals surface area contributed by atoms with Gasteiger partial charge in [-0.2, -0.15) is 0 Å². The number of nitrogens with zero attached hydrogens (tertiary/aromatic N) is 1. The Kier molecular flexibility index (Phi) is 10.1. The highest BCUT2D eigenvalue weighted by atomic mass is 35.5. The van der Waals surface area contributed by atoms with Crippen molar-refractivity contribution < 1.29 is 23.1 Å². The van der Waals surface area contributed by atoms with Crippen LogP contribution in [0, 0.1) is 0 Å². The Labute approximate surface area is 240 Å². The number of aliphatic hydroxyl groups excluding tert-OH is 1. The minimum atomic E-state index is -3.75. The molecule has 1 N–H and O–H groups in total. The lowest BCUT2D eigenvalue weighted by Crippen LogP contribution is -2.28. The number of aliphatic hydroxyl groups is 1. The van der Waals surface area contributed by atoms with Gasteiger partial charge in [-0.15, -0.1) is 0 Å². The van der Waals surface area contributed by atoms with Crippen molar-refractivity contribution in [2.45, 2.75) is 48.7 Å². The highest BCUT2D eigenvalue weighted by Crippen LogP contribution is 2.25. The van der Waals surface area contributed by atoms with Gasteiger partial charge in [-0.3, -0.25) is 9.69 Å². The molecular formula is C32H32ClNO5S. The number of hydrogen-bond acceptors (Lipinski definition) is 6. The molecule has 8 heteroatoms. The molecule has 208 valence electrons. The molecule has 0 spiro atoms. The summed E-state index contributed by atoms with van der Waals surface area (Å²) in [6.45, 7) is 3.36. The average Bonchev–Trinajstić information content (AvgIpc) is 2.94. The molecule has 4 aromatic rings. The Morgan fingerprint density at radius 2 is 1.45 bits per heavy atom. The van der Waals surface area contributed by atoms with Crippen molar-refractivity contribution >= 4 is 27.4 Å². The molecule has 0 aliphatic heterocycles. The number of ether oxygens (including phenoxy) is 1. The Hall–Kier alpha value is -3.49. The number of sulfone groups is 1. The topological polar surface area (TPSA) is 83.9 Å². The molecule has 4 aromatic carbocycles. The van der Waals surface area contributed by atoms with Crippen LogP contribution in [0.5, 0.6) is 5.75 Å². The molecule has 0 aliphatic carbocycles. The van der Waals surface area contributed by atoms with Crippen molar-refractivity contribution in [3.63, 3.8) is 0 Å². The molecule has 0 aromatic heterocycles. The molecule has 1 atom stereocenters. The third-order valence-corrected chi connectivity index (χ3v) is 8.39. The van der Waals surface area contributed by atoms with Gasteiger partial charge in [-0.25, -0.2) is 8.42 Å². The average molecular weight is 578 g/mol. The lowest BCUT2D eigenvalue weighted by molar-refractivity contribution is -0.134. The summed E-state index contributed by atoms with van der Waals surface area (Å²) in [6, 6.07) is 29.8. The Morgan fingerprint density at radius 3 is 2.05 bits per heavy atom. The van der Waals surface area contributed by atoms with E-state index in [0.717, 1.165) is 16.7 Å². The van der Waals surface area contributed by atoms with E-state index >= 15 is 0 Å². The van der Waals surface area contributed by atoms with Crippen molar-refractivity contribution in [2.75, 3.05) is 6.54 Å². The van der Waals surface area contributed by atoms with Crippen molar-refractivity contribution in [3.05, 3.63) is 125 Å². The summed E-state index contributed by atoms with van der Waals surface area (Å²) in [7, 11) is -3.75. The van der Waals surface area contributed by atoms with Crippen LogP contribution in [0.3, 0.4) is 0 Å². The summed E-state index contributed by atoms with van der Waals surface area (Å²) in [4.78, 5) is 14.1. The molecule has 0 radical (unpaired) electrons. The van der Waals surface area contributed by atoms with Gasteiger partial charge in [0.05, 0.1) is 15.9 Å². The monoisotopic (exact) mass is 577 g/mol. The first kappa shape index (κ1) is 29.5. The minimum absolute atomic E-state index is 0.117. The zero-order chi connectivity index (χ0) is 28.5. The zero-order valence-corrected chi connectivity index (χ0v) is 23.8. The molecule has 0 bridgehead atoms. The number of benzene rings is 4. The third-order valence-electron chi connectivity index (χ3n) is 6.37. The van der Waals surface area contributed by atoms with Gasteiger partial charge in [0.2, 0.25) is 9.84 Å². The fourth-order valence-electron chi connectivity index (χ4n) is 4.33. The van der Waals surface area contributed by atoms with Crippen molar-refractivity contribution in [2.24, 2.45) is 0 Å². The third kappa shape index (κ3) is 8.02. The van der Waals surface area contributed by atoms with Crippen LogP contribution in [0.2, 0.25) is 5.02 Å². The van der Waals surface area contributed by atoms with Gasteiger partial charge in [-0.1, -0.05) is 73.1 Å². The SMILES string of the molecule is CCCC(=O)Oc1ccc(S(=O)(=O)c2ccc(CN(Cc3ccccc3)CC(O)c3cccc(Cl)c3)cc2)cc1. The zero-order valence-electron chi connectivity index (χ0n) is 22.2. The maximum Gasteiger partial charge on any atom is 0.311 e. The van der Waals surface area contributed by atoms with E-state index in [0.29, 0.717) is 43.2 Å². The standard InChI is InChI=1S/C32H32ClNO5S/c1-2-7-32(36)39-28-14-18-30(19-15-28)40(37,38)29-16-12-25(13-17-29)22-34(21-24-8-4-3-5-9-24)23-31(35)26-10-6-11-27(33)20-26/h3-6,8-20,31,35H,2,7,21-23H2,1H3. The molecule has 0 fully saturated rings. The predicted molar refractivity (Wildman–Crippen MR) is 156 cm³/mol. The van der Waals surface area contributed by atoms with Crippen molar-refractivity contribution in [1.29, 1.82) is 0 Å². The molecule has 6 nitrogen and oxygen atoms in total. The molecular weight excluding hydrogens is 546 g/mol. The van der Waals surface area contributed by atoms with E-state index in [2.05, 4.69) is 4.90 Å². The fourth-order valence-corrected chi connectivity index (χ4v) is 5.79. The van der Waals surface area contributed by atoms with Crippen molar-refractivity contribution in [1.82, 2.24) is 4.90 Å². The first-order valence-corrected chi connectivity index (χ1v) is 15.0. The van der Waals surface area contributed by atoms with E-state index in [9.17, 15) is 18.3 Å². The highest BCUT2D eigenvalue weighted by Gasteiger charge is 2.19. The van der Waals surface area contributed by atoms with E-state index in [1.54, 1.807) is 36.4 Å². The first-order valence-electron chi connectivity index (χ1n) is 13.1. The Morgan fingerprint density at radius 1 is 0.850 bits per heavy atom. The second kappa shape index (κ2) is 13.7. The molecule has 0 amide bonds. The van der Waals surface area contributed by atoms with Crippen LogP contribution in [-0.2, 0) is 27.7 Å². The van der Waals surface area contributed by atoms with Crippen LogP contribution < -0.4 is 4.74 Å². The number of rotatable bonds is 12. The van der Waals surface area contributed by atoms with Crippen LogP contribution in [-0.4, -0.2) is 30.9 Å². The summed E-state index contributed by atoms with van der Waals surface area (Å²) >= 11 is 6.13. The summed E-state index contributed by atoms with van der Waals surface area (Å²) in [5.41, 5.74) is 2.74. The first-order chi connectivity index (χ1) is 19.2. The number of halogens is 1. The van der Waals surface area contributed by atoms with Gasteiger partial charge < -0.3 is 9.84 Å². The van der Waals surface area contributed by atoms with Crippen LogP contribution in [0.15, 0.2) is 113 Å². The number of carbonyl (C=O) groups excluding carboxylic acids is 1. The minimum Gasteiger partial charge on any atom is -0.427 e. The summed E-state index contributed by atoms with van der Waals surface area (Å²) < 4.78 is 31.6. The van der Waals surface area contributed by atoms with E-state index < -0.39 is 15.9 Å². The number of hydrogen-bond donors (Lipinski definition) is 1. The maximum atomic E-state index is 13.2. The molecule has 0 saturated heterocycles. The summed E-state index contributed by atoms with van der Waals surface area (Å²) in [5, 5.41) is 11.5. The molecule has 4 rings (SSSR count). The van der Waals surface area contributed by atoms with Gasteiger partial charge in [0.1, 0.15) is 5.75 Å². The van der Waals surface area contributed by atoms with E-state index in [4.69, 9.17) is 16.3 Å². The Bertz CT molecular complexity index is 1510. The number of esters is 1. The lowest BCUT2D eigenvalue weighted by Gasteiger charge is -2.26. The van der Waals surface area contributed by atoms with Crippen LogP contribution in [0.4, 0.5) is 0 Å². The van der Waals surface area contributed by atoms with Gasteiger partial charge >= 0.3 is 5.97 Å². The van der Waals surface area contributed by atoms with Crippen LogP contribution in [0.25, 0.3) is 0 Å². The van der Waals surface area contributed by atoms with E-state index in [1.165, 1.54) is 24.3 Å². The summed E-state index contributed by atoms with van der Waals surface area (Å²) in [5.74, 6) is -0.0405. The van der Waals surface area contributed by atoms with Crippen LogP contribution >= 0.6 is 11.6 Å². The fraction of sp³-hybridized carbons (Fsp3) is 0.219. The molecule has 40 heavy (non-hydrogen) atoms. The van der Waals surface area contributed by atoms with Gasteiger partial charge in [0.15, 0.2) is 0 Å². The normalized spacial score (nSPS) is 12.3. The Balaban J connectivity index is 1.48. The highest BCUT2D eigenvalue weighted by molar-refractivity contribution is 7.91. The van der Waals surface area contributed by atoms with Crippen molar-refractivity contribution in [3.8, 4) is 5.75 Å².